The van der Waals surface area contributed by atoms with Crippen LogP contribution in [0.1, 0.15) is 41.4 Å². The summed E-state index contributed by atoms with van der Waals surface area (Å²) in [4.78, 5) is 30.3. The van der Waals surface area contributed by atoms with Crippen molar-refractivity contribution in [1.29, 1.82) is 0 Å². The standard InChI is InChI=1S/C24H31N3O4/c1-3-31-20-9-5-4-8-18(20)17-25-13-10-19-23(24(29)26-11-6-7-12-26)21(30-2)16-22(28)27(19)15-14-25/h4-5,8-9,16H,3,6-7,10-15,17H2,1-2H3. The molecule has 166 valence electrons. The summed E-state index contributed by atoms with van der Waals surface area (Å²) in [6.07, 6.45) is 2.67. The van der Waals surface area contributed by atoms with Crippen molar-refractivity contribution >= 4 is 5.91 Å². The Morgan fingerprint density at radius 2 is 1.81 bits per heavy atom. The van der Waals surface area contributed by atoms with Gasteiger partial charge >= 0.3 is 0 Å². The maximum absolute atomic E-state index is 13.3. The molecule has 7 heteroatoms. The Morgan fingerprint density at radius 3 is 2.55 bits per heavy atom. The largest absolute Gasteiger partial charge is 0.496 e. The van der Waals surface area contributed by atoms with Crippen molar-refractivity contribution in [2.24, 2.45) is 0 Å². The van der Waals surface area contributed by atoms with Crippen LogP contribution in [-0.4, -0.2) is 60.2 Å². The molecule has 31 heavy (non-hydrogen) atoms. The molecule has 1 aromatic heterocycles. The molecule has 4 rings (SSSR count). The molecule has 0 saturated carbocycles. The van der Waals surface area contributed by atoms with Gasteiger partial charge in [-0.25, -0.2) is 0 Å². The first-order chi connectivity index (χ1) is 15.1. The predicted molar refractivity (Wildman–Crippen MR) is 119 cm³/mol. The van der Waals surface area contributed by atoms with E-state index in [1.165, 1.54) is 13.2 Å². The van der Waals surface area contributed by atoms with Crippen LogP contribution in [0.3, 0.4) is 0 Å². The van der Waals surface area contributed by atoms with Crippen molar-refractivity contribution in [1.82, 2.24) is 14.4 Å². The highest BCUT2D eigenvalue weighted by Crippen LogP contribution is 2.27. The predicted octanol–water partition coefficient (Wildman–Crippen LogP) is 2.55. The van der Waals surface area contributed by atoms with Gasteiger partial charge in [-0.3, -0.25) is 14.5 Å². The van der Waals surface area contributed by atoms with Crippen LogP contribution in [0.15, 0.2) is 35.1 Å². The van der Waals surface area contributed by atoms with E-state index in [9.17, 15) is 9.59 Å². The molecule has 2 aromatic rings. The number of para-hydroxylation sites is 1. The van der Waals surface area contributed by atoms with Crippen LogP contribution in [-0.2, 0) is 19.5 Å². The second-order valence-corrected chi connectivity index (χ2v) is 8.09. The van der Waals surface area contributed by atoms with E-state index < -0.39 is 0 Å². The molecule has 0 aliphatic carbocycles. The number of hydrogen-bond donors (Lipinski definition) is 0. The van der Waals surface area contributed by atoms with Gasteiger partial charge in [0.25, 0.3) is 11.5 Å². The number of amides is 1. The molecule has 1 aromatic carbocycles. The van der Waals surface area contributed by atoms with E-state index in [2.05, 4.69) is 11.0 Å². The quantitative estimate of drug-likeness (QED) is 0.712. The second kappa shape index (κ2) is 9.56. The fourth-order valence-corrected chi connectivity index (χ4v) is 4.59. The van der Waals surface area contributed by atoms with Gasteiger partial charge in [-0.15, -0.1) is 0 Å². The minimum Gasteiger partial charge on any atom is -0.496 e. The van der Waals surface area contributed by atoms with E-state index in [0.717, 1.165) is 62.6 Å². The maximum atomic E-state index is 13.3. The monoisotopic (exact) mass is 425 g/mol. The molecule has 1 saturated heterocycles. The number of fused-ring (bicyclic) bond motifs is 1. The Morgan fingerprint density at radius 1 is 1.03 bits per heavy atom. The number of ether oxygens (including phenoxy) is 2. The summed E-state index contributed by atoms with van der Waals surface area (Å²) in [5.41, 5.74) is 2.37. The summed E-state index contributed by atoms with van der Waals surface area (Å²) in [5.74, 6) is 1.27. The molecule has 0 unspecified atom stereocenters. The van der Waals surface area contributed by atoms with Crippen LogP contribution in [0.4, 0.5) is 0 Å². The first-order valence-electron chi connectivity index (χ1n) is 11.2. The zero-order chi connectivity index (χ0) is 21.8. The van der Waals surface area contributed by atoms with Gasteiger partial charge in [0.2, 0.25) is 0 Å². The fraction of sp³-hybridized carbons (Fsp3) is 0.500. The fourth-order valence-electron chi connectivity index (χ4n) is 4.59. The Hall–Kier alpha value is -2.80. The molecule has 3 heterocycles. The number of likely N-dealkylation sites (tertiary alicyclic amines) is 1. The lowest BCUT2D eigenvalue weighted by molar-refractivity contribution is 0.0787. The van der Waals surface area contributed by atoms with Gasteiger partial charge < -0.3 is 18.9 Å². The van der Waals surface area contributed by atoms with E-state index in [1.54, 1.807) is 4.57 Å². The minimum atomic E-state index is -0.110. The molecular weight excluding hydrogens is 394 g/mol. The normalized spacial score (nSPS) is 16.6. The summed E-state index contributed by atoms with van der Waals surface area (Å²) in [5, 5.41) is 0. The van der Waals surface area contributed by atoms with Crippen LogP contribution in [0.25, 0.3) is 0 Å². The van der Waals surface area contributed by atoms with Crippen LogP contribution in [0.5, 0.6) is 11.5 Å². The number of pyridine rings is 1. The Labute approximate surface area is 183 Å². The number of benzene rings is 1. The summed E-state index contributed by atoms with van der Waals surface area (Å²) >= 11 is 0. The van der Waals surface area contributed by atoms with Gasteiger partial charge in [0.05, 0.1) is 13.7 Å². The summed E-state index contributed by atoms with van der Waals surface area (Å²) in [6.45, 7) is 6.92. The van der Waals surface area contributed by atoms with Crippen LogP contribution < -0.4 is 15.0 Å². The van der Waals surface area contributed by atoms with Crippen molar-refractivity contribution in [3.8, 4) is 11.5 Å². The van der Waals surface area contributed by atoms with Crippen LogP contribution >= 0.6 is 0 Å². The third kappa shape index (κ3) is 4.46. The molecule has 1 amide bonds. The number of carbonyl (C=O) groups excluding carboxylic acids is 1. The molecule has 7 nitrogen and oxygen atoms in total. The Kier molecular flexibility index (Phi) is 6.61. The summed E-state index contributed by atoms with van der Waals surface area (Å²) in [6, 6.07) is 9.54. The molecule has 2 aliphatic rings. The van der Waals surface area contributed by atoms with Crippen molar-refractivity contribution in [2.75, 3.05) is 39.9 Å². The average Bonchev–Trinajstić information content (AvgIpc) is 3.24. The van der Waals surface area contributed by atoms with Crippen LogP contribution in [0, 0.1) is 0 Å². The van der Waals surface area contributed by atoms with E-state index in [1.807, 2.05) is 30.0 Å². The molecule has 0 N–H and O–H groups in total. The van der Waals surface area contributed by atoms with Gasteiger partial charge in [0, 0.05) is 63.0 Å². The van der Waals surface area contributed by atoms with Crippen molar-refractivity contribution in [2.45, 2.75) is 39.3 Å². The Balaban J connectivity index is 1.61. The van der Waals surface area contributed by atoms with Crippen molar-refractivity contribution < 1.29 is 14.3 Å². The molecule has 0 radical (unpaired) electrons. The van der Waals surface area contributed by atoms with Gasteiger partial charge in [0.15, 0.2) is 0 Å². The molecule has 0 bridgehead atoms. The lowest BCUT2D eigenvalue weighted by Gasteiger charge is -2.21. The number of carbonyl (C=O) groups is 1. The third-order valence-electron chi connectivity index (χ3n) is 6.18. The van der Waals surface area contributed by atoms with Gasteiger partial charge in [-0.05, 0) is 25.8 Å². The van der Waals surface area contributed by atoms with E-state index in [0.29, 0.717) is 30.9 Å². The third-order valence-corrected chi connectivity index (χ3v) is 6.18. The average molecular weight is 426 g/mol. The molecule has 2 aliphatic heterocycles. The number of hydrogen-bond acceptors (Lipinski definition) is 5. The smallest absolute Gasteiger partial charge is 0.259 e. The molecule has 0 atom stereocenters. The lowest BCUT2D eigenvalue weighted by atomic mass is 10.1. The molecular formula is C24H31N3O4. The van der Waals surface area contributed by atoms with Crippen LogP contribution in [0.2, 0.25) is 0 Å². The number of aromatic nitrogens is 1. The summed E-state index contributed by atoms with van der Waals surface area (Å²) < 4.78 is 13.0. The maximum Gasteiger partial charge on any atom is 0.259 e. The number of nitrogens with zero attached hydrogens (tertiary/aromatic N) is 3. The Bertz CT molecular complexity index is 995. The van der Waals surface area contributed by atoms with Crippen molar-refractivity contribution in [3.05, 3.63) is 57.5 Å². The second-order valence-electron chi connectivity index (χ2n) is 8.09. The van der Waals surface area contributed by atoms with E-state index in [-0.39, 0.29) is 11.5 Å². The zero-order valence-corrected chi connectivity index (χ0v) is 18.4. The summed E-state index contributed by atoms with van der Waals surface area (Å²) in [7, 11) is 1.53. The zero-order valence-electron chi connectivity index (χ0n) is 18.4. The SMILES string of the molecule is CCOc1ccccc1CN1CCc2c(C(=O)N3CCCC3)c(OC)cc(=O)n2CC1. The lowest BCUT2D eigenvalue weighted by Crippen LogP contribution is -2.33. The first kappa shape index (κ1) is 21.4. The van der Waals surface area contributed by atoms with E-state index in [4.69, 9.17) is 9.47 Å². The van der Waals surface area contributed by atoms with Gasteiger partial charge in [-0.2, -0.15) is 0 Å². The highest BCUT2D eigenvalue weighted by molar-refractivity contribution is 5.98. The van der Waals surface area contributed by atoms with Gasteiger partial charge in [-0.1, -0.05) is 18.2 Å². The van der Waals surface area contributed by atoms with Crippen molar-refractivity contribution in [3.63, 3.8) is 0 Å². The minimum absolute atomic E-state index is 0.0201. The van der Waals surface area contributed by atoms with E-state index >= 15 is 0 Å². The first-order valence-corrected chi connectivity index (χ1v) is 11.2. The van der Waals surface area contributed by atoms with Gasteiger partial charge in [0.1, 0.15) is 17.1 Å². The molecule has 1 fully saturated rings. The highest BCUT2D eigenvalue weighted by Gasteiger charge is 2.29. The number of methoxy groups -OCH3 is 1. The topological polar surface area (TPSA) is 64.0 Å². The highest BCUT2D eigenvalue weighted by atomic mass is 16.5. The number of rotatable bonds is 6. The molecule has 0 spiro atoms.